The first-order valence-electron chi connectivity index (χ1n) is 13.4. The predicted octanol–water partition coefficient (Wildman–Crippen LogP) is 6.62. The van der Waals surface area contributed by atoms with Gasteiger partial charge in [0.15, 0.2) is 14.1 Å². The molecule has 0 aromatic heterocycles. The predicted molar refractivity (Wildman–Crippen MR) is 144 cm³/mol. The van der Waals surface area contributed by atoms with Crippen LogP contribution in [0.3, 0.4) is 0 Å². The summed E-state index contributed by atoms with van der Waals surface area (Å²) in [4.78, 5) is 14.2. The van der Waals surface area contributed by atoms with Gasteiger partial charge in [0.1, 0.15) is 17.1 Å². The molecule has 0 unspecified atom stereocenters. The van der Waals surface area contributed by atoms with E-state index in [4.69, 9.17) is 13.6 Å². The first-order chi connectivity index (χ1) is 16.3. The van der Waals surface area contributed by atoms with Crippen LogP contribution in [0.25, 0.3) is 0 Å². The van der Waals surface area contributed by atoms with E-state index in [-0.39, 0.29) is 27.7 Å². The molecule has 4 rings (SSSR count). The maximum atomic E-state index is 14.2. The minimum atomic E-state index is -2.35. The summed E-state index contributed by atoms with van der Waals surface area (Å²) in [6.07, 6.45) is 3.95. The number of carbonyl (C=O) groups is 1. The number of ether oxygens (including phenoxy) is 1. The lowest BCUT2D eigenvalue weighted by molar-refractivity contribution is -0.207. The van der Waals surface area contributed by atoms with Crippen LogP contribution in [0.1, 0.15) is 73.6 Å². The molecule has 1 spiro atoms. The number of hydrogen-bond acceptors (Lipinski definition) is 6. The summed E-state index contributed by atoms with van der Waals surface area (Å²) in [7, 11) is -4.45. The number of nitriles is 2. The van der Waals surface area contributed by atoms with Gasteiger partial charge in [-0.05, 0) is 61.1 Å². The second kappa shape index (κ2) is 8.02. The number of nitrogens with zero attached hydrogens (tertiary/aromatic N) is 2. The lowest BCUT2D eigenvalue weighted by atomic mass is 9.64. The molecule has 0 amide bonds. The highest BCUT2D eigenvalue weighted by Gasteiger charge is 2.75. The third kappa shape index (κ3) is 3.86. The van der Waals surface area contributed by atoms with Crippen LogP contribution in [0.15, 0.2) is 11.8 Å². The first kappa shape index (κ1) is 27.6. The van der Waals surface area contributed by atoms with Gasteiger partial charge in [0.05, 0.1) is 23.5 Å². The second-order valence-corrected chi connectivity index (χ2v) is 24.2. The van der Waals surface area contributed by atoms with E-state index in [1.165, 1.54) is 0 Å². The van der Waals surface area contributed by atoms with E-state index in [0.717, 1.165) is 5.76 Å². The zero-order valence-corrected chi connectivity index (χ0v) is 25.9. The largest absolute Gasteiger partial charge is 0.547 e. The van der Waals surface area contributed by atoms with Crippen molar-refractivity contribution in [3.05, 3.63) is 11.8 Å². The smallest absolute Gasteiger partial charge is 0.250 e. The Hall–Kier alpha value is -1.46. The molecule has 2 bridgehead atoms. The molecule has 0 N–H and O–H groups in total. The molecule has 36 heavy (non-hydrogen) atoms. The number of hydrogen-bond donors (Lipinski definition) is 0. The fraction of sp³-hybridized carbons (Fsp3) is 0.821. The van der Waals surface area contributed by atoms with Crippen LogP contribution in [-0.4, -0.2) is 39.7 Å². The summed E-state index contributed by atoms with van der Waals surface area (Å²) in [6, 6.07) is 4.64. The third-order valence-electron chi connectivity index (χ3n) is 10.5. The van der Waals surface area contributed by atoms with Gasteiger partial charge in [0.2, 0.25) is 8.32 Å². The Morgan fingerprint density at radius 2 is 1.61 bits per heavy atom. The van der Waals surface area contributed by atoms with Gasteiger partial charge in [-0.1, -0.05) is 41.5 Å². The molecule has 1 saturated carbocycles. The summed E-state index contributed by atoms with van der Waals surface area (Å²) in [6.45, 7) is 22.1. The van der Waals surface area contributed by atoms with Gasteiger partial charge in [0, 0.05) is 25.2 Å². The van der Waals surface area contributed by atoms with E-state index in [9.17, 15) is 15.3 Å². The highest BCUT2D eigenvalue weighted by Crippen LogP contribution is 2.67. The summed E-state index contributed by atoms with van der Waals surface area (Å²) in [5.74, 6) is 0.693. The van der Waals surface area contributed by atoms with Crippen LogP contribution < -0.4 is 0 Å². The molecule has 2 aliphatic carbocycles. The molecule has 198 valence electrons. The summed E-state index contributed by atoms with van der Waals surface area (Å²) < 4.78 is 20.6. The number of Topliss-reactive ketones (excluding diaryl/α,β-unsaturated/α-hetero) is 1. The molecular formula is C28H44N2O4Si2. The molecular weight excluding hydrogens is 484 g/mol. The van der Waals surface area contributed by atoms with Gasteiger partial charge >= 0.3 is 0 Å². The Balaban J connectivity index is 1.83. The Morgan fingerprint density at radius 3 is 2.14 bits per heavy atom. The van der Waals surface area contributed by atoms with Crippen molar-refractivity contribution >= 4 is 22.4 Å². The minimum Gasteiger partial charge on any atom is -0.547 e. The van der Waals surface area contributed by atoms with Gasteiger partial charge in [-0.15, -0.1) is 0 Å². The highest BCUT2D eigenvalue weighted by atomic mass is 28.4. The molecule has 2 aliphatic heterocycles. The lowest BCUT2D eigenvalue weighted by Crippen LogP contribution is -2.68. The molecule has 6 nitrogen and oxygen atoms in total. The van der Waals surface area contributed by atoms with Crippen LogP contribution in [0, 0.1) is 39.9 Å². The molecule has 2 saturated heterocycles. The van der Waals surface area contributed by atoms with Crippen molar-refractivity contribution in [2.45, 2.75) is 127 Å². The molecule has 4 aliphatic rings. The van der Waals surface area contributed by atoms with Crippen molar-refractivity contribution in [2.24, 2.45) is 17.3 Å². The van der Waals surface area contributed by atoms with Crippen LogP contribution >= 0.6 is 0 Å². The SMILES string of the molecule is CC(C)(C)[Si](C)(C)OC1=CC[C@]2(O[Si](C)(C)C(C)(C)C)C(=O)[C@H]3C[C@@H]4CC(C#N)(C#N)C[C@@]4(O3)[C@@H]2C1. The van der Waals surface area contributed by atoms with Gasteiger partial charge < -0.3 is 13.6 Å². The number of fused-ring (bicyclic) bond motifs is 2. The van der Waals surface area contributed by atoms with E-state index in [0.29, 0.717) is 32.1 Å². The van der Waals surface area contributed by atoms with Crippen LogP contribution in [-0.2, 0) is 18.4 Å². The second-order valence-electron chi connectivity index (χ2n) is 14.8. The zero-order valence-electron chi connectivity index (χ0n) is 23.9. The standard InChI is InChI=1S/C28H44N2O4Si2/c1-24(2,3)35(7,8)33-20-11-12-27(34-36(9,10)25(4,5)6)22(14-20)28-16-26(17-29,18-30)15-19(28)13-21(32-28)23(27)31/h11,19,21-22H,12-16H2,1-10H3/t19-,21-,22-,27-,28+/m1/s1. The lowest BCUT2D eigenvalue weighted by Gasteiger charge is -2.57. The average Bonchev–Trinajstić information content (AvgIpc) is 3.22. The molecule has 5 atom stereocenters. The molecule has 2 heterocycles. The van der Waals surface area contributed by atoms with Crippen LogP contribution in [0.4, 0.5) is 0 Å². The molecule has 0 aromatic rings. The Labute approximate surface area is 219 Å². The van der Waals surface area contributed by atoms with E-state index >= 15 is 0 Å². The van der Waals surface area contributed by atoms with E-state index in [1.54, 1.807) is 0 Å². The highest BCUT2D eigenvalue weighted by molar-refractivity contribution is 6.74. The van der Waals surface area contributed by atoms with Gasteiger partial charge in [-0.2, -0.15) is 10.5 Å². The van der Waals surface area contributed by atoms with Crippen molar-refractivity contribution in [1.29, 1.82) is 10.5 Å². The van der Waals surface area contributed by atoms with Gasteiger partial charge in [0.25, 0.3) is 0 Å². The van der Waals surface area contributed by atoms with Gasteiger partial charge in [-0.25, -0.2) is 0 Å². The van der Waals surface area contributed by atoms with Crippen molar-refractivity contribution in [2.75, 3.05) is 0 Å². The zero-order chi connectivity index (χ0) is 27.2. The number of rotatable bonds is 4. The fourth-order valence-electron chi connectivity index (χ4n) is 6.42. The molecule has 0 radical (unpaired) electrons. The van der Waals surface area contributed by atoms with E-state index in [2.05, 4.69) is 85.9 Å². The molecule has 8 heteroatoms. The number of carbonyl (C=O) groups excluding carboxylic acids is 1. The van der Waals surface area contributed by atoms with Crippen molar-refractivity contribution in [3.8, 4) is 12.1 Å². The maximum absolute atomic E-state index is 14.2. The normalized spacial score (nSPS) is 35.8. The van der Waals surface area contributed by atoms with Crippen molar-refractivity contribution in [3.63, 3.8) is 0 Å². The average molecular weight is 529 g/mol. The first-order valence-corrected chi connectivity index (χ1v) is 19.2. The number of allylic oxidation sites excluding steroid dienone is 1. The summed E-state index contributed by atoms with van der Waals surface area (Å²) in [5, 5.41) is 20.0. The number of ketones is 1. The maximum Gasteiger partial charge on any atom is 0.250 e. The van der Waals surface area contributed by atoms with Crippen molar-refractivity contribution in [1.82, 2.24) is 0 Å². The Bertz CT molecular complexity index is 1060. The monoisotopic (exact) mass is 528 g/mol. The van der Waals surface area contributed by atoms with E-state index in [1.807, 2.05) is 0 Å². The van der Waals surface area contributed by atoms with Gasteiger partial charge in [-0.3, -0.25) is 4.79 Å². The van der Waals surface area contributed by atoms with Crippen LogP contribution in [0.5, 0.6) is 0 Å². The third-order valence-corrected chi connectivity index (χ3v) is 19.4. The quantitative estimate of drug-likeness (QED) is 0.381. The Morgan fingerprint density at radius 1 is 1.03 bits per heavy atom. The van der Waals surface area contributed by atoms with Crippen LogP contribution in [0.2, 0.25) is 36.3 Å². The topological polar surface area (TPSA) is 92.3 Å². The van der Waals surface area contributed by atoms with E-state index < -0.39 is 39.4 Å². The fourth-order valence-corrected chi connectivity index (χ4v) is 9.10. The summed E-state index contributed by atoms with van der Waals surface area (Å²) in [5.41, 5.74) is -2.80. The Kier molecular flexibility index (Phi) is 6.15. The molecule has 3 fully saturated rings. The molecule has 0 aromatic carbocycles. The summed E-state index contributed by atoms with van der Waals surface area (Å²) >= 11 is 0. The van der Waals surface area contributed by atoms with Crippen molar-refractivity contribution < 1.29 is 18.4 Å². The minimum absolute atomic E-state index is 0.00661.